The number of hydrogen-bond acceptors (Lipinski definition) is 7. The standard InChI is InChI=1S/C24H34N6O2/c1-3-11-25-23-22(24(31)27-30-13-6-7-14-30)20(10-12-26-23)29-17-15-28(16-18-29)19-8-4-5-9-21(19)32-2/h4-5,8-10,12H,3,6-7,11,13-18H2,1-2H3,(H,25,26)(H,27,31). The van der Waals surface area contributed by atoms with Gasteiger partial charge in [0, 0.05) is 52.0 Å². The highest BCUT2D eigenvalue weighted by molar-refractivity contribution is 6.04. The SMILES string of the molecule is CCCNc1nccc(N2CCN(c3ccccc3OC)CC2)c1C(=O)NN1CCCC1. The number of hydrazine groups is 1. The van der Waals surface area contributed by atoms with Crippen LogP contribution in [0.15, 0.2) is 36.5 Å². The maximum atomic E-state index is 13.3. The first-order valence-electron chi connectivity index (χ1n) is 11.6. The Kier molecular flexibility index (Phi) is 7.32. The van der Waals surface area contributed by atoms with E-state index in [4.69, 9.17) is 4.74 Å². The van der Waals surface area contributed by atoms with Crippen LogP contribution in [-0.4, -0.2) is 68.8 Å². The van der Waals surface area contributed by atoms with Crippen molar-refractivity contribution < 1.29 is 9.53 Å². The summed E-state index contributed by atoms with van der Waals surface area (Å²) in [7, 11) is 1.71. The van der Waals surface area contributed by atoms with E-state index >= 15 is 0 Å². The summed E-state index contributed by atoms with van der Waals surface area (Å²) in [6, 6.07) is 10.1. The summed E-state index contributed by atoms with van der Waals surface area (Å²) in [6.07, 6.45) is 5.00. The lowest BCUT2D eigenvalue weighted by Crippen LogP contribution is -2.48. The van der Waals surface area contributed by atoms with Gasteiger partial charge in [0.05, 0.1) is 18.5 Å². The first-order chi connectivity index (χ1) is 15.7. The molecule has 2 aromatic rings. The predicted molar refractivity (Wildman–Crippen MR) is 129 cm³/mol. The molecular formula is C24H34N6O2. The van der Waals surface area contributed by atoms with Crippen LogP contribution in [0.25, 0.3) is 0 Å². The zero-order valence-corrected chi connectivity index (χ0v) is 19.1. The van der Waals surface area contributed by atoms with Crippen LogP contribution in [0.4, 0.5) is 17.2 Å². The zero-order valence-electron chi connectivity index (χ0n) is 19.1. The van der Waals surface area contributed by atoms with Gasteiger partial charge in [-0.15, -0.1) is 0 Å². The van der Waals surface area contributed by atoms with Crippen molar-refractivity contribution in [3.8, 4) is 5.75 Å². The van der Waals surface area contributed by atoms with Gasteiger partial charge < -0.3 is 19.9 Å². The lowest BCUT2D eigenvalue weighted by Gasteiger charge is -2.38. The largest absolute Gasteiger partial charge is 0.495 e. The number of anilines is 3. The van der Waals surface area contributed by atoms with Gasteiger partial charge in [-0.1, -0.05) is 19.1 Å². The van der Waals surface area contributed by atoms with Crippen molar-refractivity contribution in [2.45, 2.75) is 26.2 Å². The maximum absolute atomic E-state index is 13.3. The number of carbonyl (C=O) groups excluding carboxylic acids is 1. The highest BCUT2D eigenvalue weighted by Gasteiger charge is 2.27. The second-order valence-electron chi connectivity index (χ2n) is 8.26. The van der Waals surface area contributed by atoms with E-state index in [9.17, 15) is 4.79 Å². The second-order valence-corrected chi connectivity index (χ2v) is 8.26. The van der Waals surface area contributed by atoms with Gasteiger partial charge in [0.1, 0.15) is 17.1 Å². The van der Waals surface area contributed by atoms with Crippen LogP contribution < -0.4 is 25.3 Å². The Hall–Kier alpha value is -3.00. The lowest BCUT2D eigenvalue weighted by molar-refractivity contribution is 0.0827. The average molecular weight is 439 g/mol. The van der Waals surface area contributed by atoms with Gasteiger partial charge in [0.2, 0.25) is 0 Å². The molecule has 172 valence electrons. The number of aromatic nitrogens is 1. The number of piperazine rings is 1. The molecule has 8 nitrogen and oxygen atoms in total. The molecular weight excluding hydrogens is 404 g/mol. The summed E-state index contributed by atoms with van der Waals surface area (Å²) in [4.78, 5) is 22.5. The van der Waals surface area contributed by atoms with E-state index in [0.29, 0.717) is 11.4 Å². The minimum Gasteiger partial charge on any atom is -0.495 e. The molecule has 0 radical (unpaired) electrons. The molecule has 1 aromatic carbocycles. The Morgan fingerprint density at radius 1 is 1.00 bits per heavy atom. The molecule has 1 aromatic heterocycles. The van der Waals surface area contributed by atoms with Crippen LogP contribution in [0.2, 0.25) is 0 Å². The fraction of sp³-hybridized carbons (Fsp3) is 0.500. The molecule has 4 rings (SSSR count). The van der Waals surface area contributed by atoms with E-state index in [1.165, 1.54) is 0 Å². The third-order valence-electron chi connectivity index (χ3n) is 6.11. The van der Waals surface area contributed by atoms with Crippen LogP contribution in [-0.2, 0) is 0 Å². The fourth-order valence-electron chi connectivity index (χ4n) is 4.42. The molecule has 32 heavy (non-hydrogen) atoms. The van der Waals surface area contributed by atoms with Gasteiger partial charge in [-0.05, 0) is 37.5 Å². The third kappa shape index (κ3) is 4.91. The number of ether oxygens (including phenoxy) is 1. The molecule has 0 atom stereocenters. The van der Waals surface area contributed by atoms with Crippen LogP contribution in [0.3, 0.4) is 0 Å². The normalized spacial score (nSPS) is 16.8. The van der Waals surface area contributed by atoms with Crippen LogP contribution >= 0.6 is 0 Å². The van der Waals surface area contributed by atoms with Crippen LogP contribution in [0.1, 0.15) is 36.5 Å². The average Bonchev–Trinajstić information content (AvgIpc) is 3.35. The topological polar surface area (TPSA) is 73.0 Å². The lowest BCUT2D eigenvalue weighted by atomic mass is 10.1. The van der Waals surface area contributed by atoms with E-state index in [0.717, 1.165) is 82.2 Å². The third-order valence-corrected chi connectivity index (χ3v) is 6.11. The van der Waals surface area contributed by atoms with Crippen molar-refractivity contribution in [2.75, 3.05) is 68.0 Å². The quantitative estimate of drug-likeness (QED) is 0.656. The first-order valence-corrected chi connectivity index (χ1v) is 11.6. The number of carbonyl (C=O) groups is 1. The van der Waals surface area contributed by atoms with Gasteiger partial charge in [-0.3, -0.25) is 10.2 Å². The highest BCUT2D eigenvalue weighted by atomic mass is 16.5. The van der Waals surface area contributed by atoms with Crippen LogP contribution in [0.5, 0.6) is 5.75 Å². The van der Waals surface area contributed by atoms with Crippen LogP contribution in [0, 0.1) is 0 Å². The molecule has 8 heteroatoms. The zero-order chi connectivity index (χ0) is 22.3. The molecule has 3 heterocycles. The molecule has 2 fully saturated rings. The summed E-state index contributed by atoms with van der Waals surface area (Å²) in [5, 5.41) is 5.37. The Bertz CT molecular complexity index is 907. The summed E-state index contributed by atoms with van der Waals surface area (Å²) in [6.45, 7) is 8.03. The monoisotopic (exact) mass is 438 g/mol. The summed E-state index contributed by atoms with van der Waals surface area (Å²) in [5.41, 5.74) is 5.79. The molecule has 0 bridgehead atoms. The predicted octanol–water partition coefficient (Wildman–Crippen LogP) is 2.98. The minimum absolute atomic E-state index is 0.0826. The summed E-state index contributed by atoms with van der Waals surface area (Å²) >= 11 is 0. The number of rotatable bonds is 8. The highest BCUT2D eigenvalue weighted by Crippen LogP contribution is 2.31. The summed E-state index contributed by atoms with van der Waals surface area (Å²) < 4.78 is 5.55. The number of pyridine rings is 1. The number of benzene rings is 1. The van der Waals surface area contributed by atoms with E-state index in [1.807, 2.05) is 29.3 Å². The number of nitrogens with one attached hydrogen (secondary N) is 2. The van der Waals surface area contributed by atoms with Gasteiger partial charge in [-0.2, -0.15) is 0 Å². The van der Waals surface area contributed by atoms with E-state index in [-0.39, 0.29) is 5.91 Å². The van der Waals surface area contributed by atoms with Crippen molar-refractivity contribution >= 4 is 23.1 Å². The molecule has 0 spiro atoms. The Morgan fingerprint density at radius 2 is 1.69 bits per heavy atom. The minimum atomic E-state index is -0.0826. The van der Waals surface area contributed by atoms with Crippen molar-refractivity contribution in [3.63, 3.8) is 0 Å². The number of para-hydroxylation sites is 2. The number of hydrogen-bond donors (Lipinski definition) is 2. The smallest absolute Gasteiger partial charge is 0.271 e. The Morgan fingerprint density at radius 3 is 2.38 bits per heavy atom. The van der Waals surface area contributed by atoms with Gasteiger partial charge in [0.15, 0.2) is 0 Å². The van der Waals surface area contributed by atoms with Crippen molar-refractivity contribution in [1.82, 2.24) is 15.4 Å². The summed E-state index contributed by atoms with van der Waals surface area (Å²) in [5.74, 6) is 1.47. The molecule has 0 unspecified atom stereocenters. The maximum Gasteiger partial charge on any atom is 0.271 e. The molecule has 2 aliphatic rings. The molecule has 2 N–H and O–H groups in total. The number of amides is 1. The molecule has 1 amide bonds. The molecule has 0 saturated carbocycles. The number of methoxy groups -OCH3 is 1. The van der Waals surface area contributed by atoms with Gasteiger partial charge >= 0.3 is 0 Å². The second kappa shape index (κ2) is 10.5. The van der Waals surface area contributed by atoms with Crippen molar-refractivity contribution in [3.05, 3.63) is 42.1 Å². The molecule has 2 saturated heterocycles. The first kappa shape index (κ1) is 22.2. The molecule has 2 aliphatic heterocycles. The number of nitrogens with zero attached hydrogens (tertiary/aromatic N) is 4. The van der Waals surface area contributed by atoms with Gasteiger partial charge in [-0.25, -0.2) is 9.99 Å². The Labute approximate surface area is 190 Å². The van der Waals surface area contributed by atoms with E-state index < -0.39 is 0 Å². The molecule has 0 aliphatic carbocycles. The van der Waals surface area contributed by atoms with E-state index in [1.54, 1.807) is 13.3 Å². The van der Waals surface area contributed by atoms with Crippen molar-refractivity contribution in [2.24, 2.45) is 0 Å². The Balaban J connectivity index is 1.54. The van der Waals surface area contributed by atoms with Gasteiger partial charge in [0.25, 0.3) is 5.91 Å². The van der Waals surface area contributed by atoms with Crippen molar-refractivity contribution in [1.29, 1.82) is 0 Å². The fourth-order valence-corrected chi connectivity index (χ4v) is 4.42. The van der Waals surface area contributed by atoms with E-state index in [2.05, 4.69) is 38.5 Å².